The van der Waals surface area contributed by atoms with Crippen molar-refractivity contribution in [2.75, 3.05) is 39.9 Å². The number of hydrogen-bond acceptors (Lipinski definition) is 7. The first kappa shape index (κ1) is 26.2. The van der Waals surface area contributed by atoms with Crippen LogP contribution < -0.4 is 9.47 Å². The number of fused-ring (bicyclic) bond motifs is 1. The summed E-state index contributed by atoms with van der Waals surface area (Å²) >= 11 is 0. The van der Waals surface area contributed by atoms with E-state index in [0.717, 1.165) is 35.2 Å². The number of ether oxygens (including phenoxy) is 3. The van der Waals surface area contributed by atoms with Gasteiger partial charge in [-0.15, -0.1) is 0 Å². The van der Waals surface area contributed by atoms with Gasteiger partial charge in [0.05, 0.1) is 19.1 Å². The molecule has 37 heavy (non-hydrogen) atoms. The van der Waals surface area contributed by atoms with Gasteiger partial charge in [0.25, 0.3) is 5.91 Å². The van der Waals surface area contributed by atoms with E-state index >= 15 is 0 Å². The Hall–Kier alpha value is -3.85. The minimum atomic E-state index is -0.601. The number of H-pyrrole nitrogens is 1. The zero-order valence-corrected chi connectivity index (χ0v) is 21.7. The van der Waals surface area contributed by atoms with Crippen LogP contribution in [0.5, 0.6) is 11.5 Å². The van der Waals surface area contributed by atoms with Crippen molar-refractivity contribution >= 4 is 28.7 Å². The van der Waals surface area contributed by atoms with Gasteiger partial charge < -0.3 is 24.1 Å². The van der Waals surface area contributed by atoms with Crippen molar-refractivity contribution in [3.63, 3.8) is 0 Å². The number of nitrogens with one attached hydrogen (secondary N) is 1. The molecule has 0 bridgehead atoms. The summed E-state index contributed by atoms with van der Waals surface area (Å²) < 4.78 is 16.0. The molecule has 4 rings (SSSR count). The Morgan fingerprint density at radius 2 is 1.65 bits per heavy atom. The lowest BCUT2D eigenvalue weighted by atomic mass is 10.1. The number of benzene rings is 2. The number of rotatable bonds is 8. The van der Waals surface area contributed by atoms with Gasteiger partial charge in [-0.05, 0) is 68.8 Å². The fourth-order valence-electron chi connectivity index (χ4n) is 4.48. The molecule has 3 aromatic rings. The van der Waals surface area contributed by atoms with Crippen molar-refractivity contribution in [2.24, 2.45) is 0 Å². The maximum absolute atomic E-state index is 12.6. The van der Waals surface area contributed by atoms with Crippen molar-refractivity contribution in [3.05, 3.63) is 59.3 Å². The number of aromatic nitrogens is 1. The number of hydrogen-bond donors (Lipinski definition) is 1. The molecule has 0 saturated carbocycles. The van der Waals surface area contributed by atoms with E-state index in [9.17, 15) is 14.4 Å². The van der Waals surface area contributed by atoms with E-state index in [0.29, 0.717) is 30.6 Å². The van der Waals surface area contributed by atoms with Crippen molar-refractivity contribution in [1.82, 2.24) is 14.8 Å². The van der Waals surface area contributed by atoms with Crippen molar-refractivity contribution < 1.29 is 28.6 Å². The molecule has 0 spiro atoms. The number of methoxy groups -OCH3 is 1. The first-order valence-corrected chi connectivity index (χ1v) is 12.4. The summed E-state index contributed by atoms with van der Waals surface area (Å²) in [4.78, 5) is 44.8. The number of nitrogens with zero attached hydrogens (tertiary/aromatic N) is 2. The highest BCUT2D eigenvalue weighted by atomic mass is 16.5. The normalized spacial score (nSPS) is 14.1. The first-order valence-electron chi connectivity index (χ1n) is 12.4. The molecule has 0 aliphatic carbocycles. The lowest BCUT2D eigenvalue weighted by Crippen LogP contribution is -2.51. The molecule has 1 amide bonds. The fourth-order valence-corrected chi connectivity index (χ4v) is 4.48. The van der Waals surface area contributed by atoms with E-state index in [1.165, 1.54) is 24.3 Å². The predicted octanol–water partition coefficient (Wildman–Crippen LogP) is 3.34. The highest BCUT2D eigenvalue weighted by Gasteiger charge is 2.23. The number of piperazine rings is 1. The van der Waals surface area contributed by atoms with Crippen LogP contribution in [0.4, 0.5) is 0 Å². The second kappa shape index (κ2) is 11.5. The summed E-state index contributed by atoms with van der Waals surface area (Å²) in [5.74, 6) is -0.206. The van der Waals surface area contributed by atoms with E-state index < -0.39 is 11.9 Å². The Morgan fingerprint density at radius 1 is 0.973 bits per heavy atom. The summed E-state index contributed by atoms with van der Waals surface area (Å²) in [5, 5.41) is 0.906. The number of aryl methyl sites for hydroxylation is 1. The number of aromatic amines is 1. The third-order valence-electron chi connectivity index (χ3n) is 6.69. The monoisotopic (exact) mass is 507 g/mol. The van der Waals surface area contributed by atoms with E-state index in [2.05, 4.69) is 23.7 Å². The Labute approximate surface area is 216 Å². The molecule has 1 aliphatic heterocycles. The molecule has 2 aromatic carbocycles. The van der Waals surface area contributed by atoms with Crippen LogP contribution >= 0.6 is 0 Å². The average Bonchev–Trinajstić information content (AvgIpc) is 3.21. The predicted molar refractivity (Wildman–Crippen MR) is 139 cm³/mol. The van der Waals surface area contributed by atoms with E-state index in [-0.39, 0.29) is 24.5 Å². The maximum atomic E-state index is 12.6. The number of carbonyl (C=O) groups excluding carboxylic acids is 3. The van der Waals surface area contributed by atoms with Gasteiger partial charge in [-0.1, -0.05) is 0 Å². The minimum absolute atomic E-state index is 0.0797. The molecule has 1 saturated heterocycles. The largest absolute Gasteiger partial charge is 0.497 e. The average molecular weight is 508 g/mol. The lowest BCUT2D eigenvalue weighted by Gasteiger charge is -2.36. The van der Waals surface area contributed by atoms with E-state index in [1.54, 1.807) is 12.0 Å². The molecule has 1 aromatic heterocycles. The molecule has 9 nitrogen and oxygen atoms in total. The van der Waals surface area contributed by atoms with Crippen LogP contribution in [0.3, 0.4) is 0 Å². The van der Waals surface area contributed by atoms with Crippen molar-refractivity contribution in [2.45, 2.75) is 33.2 Å². The molecular formula is C28H33N3O6. The second-order valence-electron chi connectivity index (χ2n) is 9.40. The van der Waals surface area contributed by atoms with Crippen LogP contribution in [0.15, 0.2) is 42.5 Å². The van der Waals surface area contributed by atoms with Gasteiger partial charge in [0.2, 0.25) is 0 Å². The smallest absolute Gasteiger partial charge is 0.338 e. The van der Waals surface area contributed by atoms with Gasteiger partial charge in [-0.2, -0.15) is 0 Å². The number of amides is 1. The van der Waals surface area contributed by atoms with Gasteiger partial charge in [-0.3, -0.25) is 14.5 Å². The first-order chi connectivity index (χ1) is 17.7. The van der Waals surface area contributed by atoms with E-state index in [4.69, 9.17) is 14.2 Å². The van der Waals surface area contributed by atoms with Gasteiger partial charge in [0.15, 0.2) is 6.61 Å². The highest BCUT2D eigenvalue weighted by molar-refractivity contribution is 5.92. The number of esters is 2. The standard InChI is InChI=1S/C28H33N3O6/c1-18(2)30-11-13-31(14-12-30)26(32)17-36-28(34)20-5-7-21(8-6-20)37-27(33)16-23-19(3)29-25-10-9-22(35-4)15-24(23)25/h5-10,15,18,29H,11-14,16-17H2,1-4H3. The Kier molecular flexibility index (Phi) is 8.13. The summed E-state index contributed by atoms with van der Waals surface area (Å²) in [5.41, 5.74) is 2.92. The van der Waals surface area contributed by atoms with Gasteiger partial charge in [0.1, 0.15) is 11.5 Å². The van der Waals surface area contributed by atoms with Gasteiger partial charge >= 0.3 is 11.9 Å². The van der Waals surface area contributed by atoms with Gasteiger partial charge in [-0.25, -0.2) is 4.79 Å². The van der Waals surface area contributed by atoms with Gasteiger partial charge in [0, 0.05) is 48.8 Å². The van der Waals surface area contributed by atoms with Crippen LogP contribution in [0, 0.1) is 6.92 Å². The zero-order chi connectivity index (χ0) is 26.5. The topological polar surface area (TPSA) is 101 Å². The highest BCUT2D eigenvalue weighted by Crippen LogP contribution is 2.27. The SMILES string of the molecule is COc1ccc2[nH]c(C)c(CC(=O)Oc3ccc(C(=O)OCC(=O)N4CCN(C(C)C)CC4)cc3)c2c1. The summed E-state index contributed by atoms with van der Waals surface area (Å²) in [6.07, 6.45) is 0.0797. The third kappa shape index (κ3) is 6.29. The lowest BCUT2D eigenvalue weighted by molar-refractivity contribution is -0.136. The molecule has 0 radical (unpaired) electrons. The number of carbonyl (C=O) groups is 3. The molecule has 2 heterocycles. The van der Waals surface area contributed by atoms with Crippen LogP contribution in [-0.2, 0) is 20.7 Å². The summed E-state index contributed by atoms with van der Waals surface area (Å²) in [6, 6.07) is 12.2. The Morgan fingerprint density at radius 3 is 2.30 bits per heavy atom. The van der Waals surface area contributed by atoms with Crippen LogP contribution in [0.1, 0.15) is 35.5 Å². The zero-order valence-electron chi connectivity index (χ0n) is 21.7. The van der Waals surface area contributed by atoms with Crippen LogP contribution in [0.25, 0.3) is 10.9 Å². The van der Waals surface area contributed by atoms with Crippen molar-refractivity contribution in [1.29, 1.82) is 0 Å². The molecule has 196 valence electrons. The Bertz CT molecular complexity index is 1270. The summed E-state index contributed by atoms with van der Waals surface area (Å²) in [6.45, 7) is 8.75. The van der Waals surface area contributed by atoms with Crippen LogP contribution in [-0.4, -0.2) is 78.6 Å². The van der Waals surface area contributed by atoms with Crippen LogP contribution in [0.2, 0.25) is 0 Å². The molecule has 9 heteroatoms. The molecule has 1 fully saturated rings. The molecular weight excluding hydrogens is 474 g/mol. The van der Waals surface area contributed by atoms with Crippen molar-refractivity contribution in [3.8, 4) is 11.5 Å². The fraction of sp³-hybridized carbons (Fsp3) is 0.393. The molecule has 1 aliphatic rings. The second-order valence-corrected chi connectivity index (χ2v) is 9.40. The minimum Gasteiger partial charge on any atom is -0.497 e. The summed E-state index contributed by atoms with van der Waals surface area (Å²) in [7, 11) is 1.60. The molecule has 0 unspecified atom stereocenters. The molecule has 0 atom stereocenters. The Balaban J connectivity index is 1.29. The third-order valence-corrected chi connectivity index (χ3v) is 6.69. The maximum Gasteiger partial charge on any atom is 0.338 e. The van der Waals surface area contributed by atoms with E-state index in [1.807, 2.05) is 25.1 Å². The molecule has 1 N–H and O–H groups in total. The quantitative estimate of drug-likeness (QED) is 0.369.